The summed E-state index contributed by atoms with van der Waals surface area (Å²) in [5.74, 6) is 0.633. The number of hydrogen-bond donors (Lipinski definition) is 2. The fourth-order valence-electron chi connectivity index (χ4n) is 2.69. The molecule has 0 saturated heterocycles. The molecule has 10 heteroatoms. The molecule has 0 atom stereocenters. The number of para-hydroxylation sites is 1. The number of halogens is 1. The Morgan fingerprint density at radius 2 is 1.72 bits per heavy atom. The summed E-state index contributed by atoms with van der Waals surface area (Å²) in [7, 11) is -3.81. The normalized spacial score (nSPS) is 11.6. The van der Waals surface area contributed by atoms with E-state index in [1.807, 2.05) is 24.3 Å². The Balaban J connectivity index is 1.59. The molecule has 0 radical (unpaired) electrons. The summed E-state index contributed by atoms with van der Waals surface area (Å²) in [4.78, 5) is 8.50. The Labute approximate surface area is 172 Å². The molecule has 2 heterocycles. The number of benzene rings is 2. The molecule has 0 bridgehead atoms. The van der Waals surface area contributed by atoms with Crippen LogP contribution in [0.25, 0.3) is 10.9 Å². The average Bonchev–Trinajstić information content (AvgIpc) is 3.00. The standard InChI is InChI=1S/C19H16ClN5O3S/c1-11-12(2)24-28-18(11)25-29(26,27)14-9-7-13(8-10-14)21-17-15-5-3-4-6-16(15)22-19(20)23-17/h3-10,25H,1-2H3,(H,21,22,23). The minimum Gasteiger partial charge on any atom is -0.340 e. The monoisotopic (exact) mass is 429 g/mol. The molecule has 148 valence electrons. The van der Waals surface area contributed by atoms with Gasteiger partial charge in [0.2, 0.25) is 11.2 Å². The highest BCUT2D eigenvalue weighted by molar-refractivity contribution is 7.92. The first kappa shape index (κ1) is 19.2. The number of nitrogens with zero attached hydrogens (tertiary/aromatic N) is 3. The summed E-state index contributed by atoms with van der Waals surface area (Å²) >= 11 is 6.00. The van der Waals surface area contributed by atoms with Crippen molar-refractivity contribution in [2.75, 3.05) is 10.0 Å². The maximum absolute atomic E-state index is 12.6. The molecule has 29 heavy (non-hydrogen) atoms. The van der Waals surface area contributed by atoms with E-state index >= 15 is 0 Å². The lowest BCUT2D eigenvalue weighted by Crippen LogP contribution is -2.13. The lowest BCUT2D eigenvalue weighted by atomic mass is 10.2. The summed E-state index contributed by atoms with van der Waals surface area (Å²) in [5.41, 5.74) is 2.61. The summed E-state index contributed by atoms with van der Waals surface area (Å²) in [6.07, 6.45) is 0. The Hall–Kier alpha value is -3.17. The highest BCUT2D eigenvalue weighted by atomic mass is 35.5. The van der Waals surface area contributed by atoms with E-state index in [2.05, 4.69) is 25.2 Å². The molecule has 2 aromatic heterocycles. The molecule has 0 amide bonds. The second-order valence-corrected chi connectivity index (χ2v) is 8.36. The van der Waals surface area contributed by atoms with E-state index in [0.29, 0.717) is 28.3 Å². The highest BCUT2D eigenvalue weighted by Crippen LogP contribution is 2.27. The van der Waals surface area contributed by atoms with Gasteiger partial charge in [0.05, 0.1) is 16.1 Å². The van der Waals surface area contributed by atoms with Gasteiger partial charge in [-0.2, -0.15) is 4.98 Å². The fourth-order valence-corrected chi connectivity index (χ4v) is 3.91. The number of aromatic nitrogens is 3. The Bertz CT molecular complexity index is 1300. The van der Waals surface area contributed by atoms with Gasteiger partial charge in [0, 0.05) is 16.6 Å². The third-order valence-electron chi connectivity index (χ3n) is 4.39. The van der Waals surface area contributed by atoms with Gasteiger partial charge in [-0.05, 0) is 61.8 Å². The minimum atomic E-state index is -3.81. The molecule has 0 unspecified atom stereocenters. The van der Waals surface area contributed by atoms with Gasteiger partial charge < -0.3 is 9.84 Å². The summed E-state index contributed by atoms with van der Waals surface area (Å²) in [5, 5.41) is 7.82. The zero-order valence-electron chi connectivity index (χ0n) is 15.5. The summed E-state index contributed by atoms with van der Waals surface area (Å²) in [6.45, 7) is 3.47. The number of rotatable bonds is 5. The largest absolute Gasteiger partial charge is 0.340 e. The molecule has 0 fully saturated rings. The van der Waals surface area contributed by atoms with E-state index in [1.54, 1.807) is 26.0 Å². The Morgan fingerprint density at radius 1 is 1.00 bits per heavy atom. The van der Waals surface area contributed by atoms with Crippen molar-refractivity contribution in [1.29, 1.82) is 0 Å². The Morgan fingerprint density at radius 3 is 2.41 bits per heavy atom. The van der Waals surface area contributed by atoms with E-state index in [9.17, 15) is 8.42 Å². The molecule has 0 spiro atoms. The lowest BCUT2D eigenvalue weighted by molar-refractivity contribution is 0.430. The highest BCUT2D eigenvalue weighted by Gasteiger charge is 2.19. The zero-order chi connectivity index (χ0) is 20.6. The Kier molecular flexibility index (Phi) is 4.85. The molecule has 0 aliphatic rings. The van der Waals surface area contributed by atoms with Crippen molar-refractivity contribution >= 4 is 49.9 Å². The average molecular weight is 430 g/mol. The van der Waals surface area contributed by atoms with Crippen LogP contribution >= 0.6 is 11.6 Å². The minimum absolute atomic E-state index is 0.0853. The molecule has 8 nitrogen and oxygen atoms in total. The van der Waals surface area contributed by atoms with Gasteiger partial charge in [-0.1, -0.05) is 17.3 Å². The van der Waals surface area contributed by atoms with Crippen molar-refractivity contribution in [2.24, 2.45) is 0 Å². The zero-order valence-corrected chi connectivity index (χ0v) is 17.0. The molecule has 4 rings (SSSR count). The molecular weight excluding hydrogens is 414 g/mol. The molecule has 4 aromatic rings. The van der Waals surface area contributed by atoms with Crippen LogP contribution in [0.3, 0.4) is 0 Å². The van der Waals surface area contributed by atoms with E-state index < -0.39 is 10.0 Å². The second kappa shape index (κ2) is 7.34. The van der Waals surface area contributed by atoms with Crippen molar-refractivity contribution in [1.82, 2.24) is 15.1 Å². The molecule has 0 aliphatic heterocycles. The van der Waals surface area contributed by atoms with Gasteiger partial charge in [0.25, 0.3) is 10.0 Å². The second-order valence-electron chi connectivity index (χ2n) is 6.34. The van der Waals surface area contributed by atoms with E-state index in [1.165, 1.54) is 12.1 Å². The van der Waals surface area contributed by atoms with Crippen molar-refractivity contribution in [3.05, 3.63) is 65.1 Å². The number of sulfonamides is 1. The van der Waals surface area contributed by atoms with Gasteiger partial charge in [-0.15, -0.1) is 0 Å². The molecule has 0 saturated carbocycles. The SMILES string of the molecule is Cc1noc(NS(=O)(=O)c2ccc(Nc3nc(Cl)nc4ccccc34)cc2)c1C. The predicted molar refractivity (Wildman–Crippen MR) is 111 cm³/mol. The van der Waals surface area contributed by atoms with Crippen LogP contribution in [0.15, 0.2) is 57.9 Å². The van der Waals surface area contributed by atoms with Gasteiger partial charge in [0.15, 0.2) is 0 Å². The van der Waals surface area contributed by atoms with E-state index in [0.717, 1.165) is 5.39 Å². The van der Waals surface area contributed by atoms with Crippen molar-refractivity contribution < 1.29 is 12.9 Å². The van der Waals surface area contributed by atoms with Crippen LogP contribution in [0, 0.1) is 13.8 Å². The quantitative estimate of drug-likeness (QED) is 0.451. The van der Waals surface area contributed by atoms with Crippen LogP contribution in [-0.2, 0) is 10.0 Å². The molecular formula is C19H16ClN5O3S. The number of anilines is 3. The van der Waals surface area contributed by atoms with E-state index in [4.69, 9.17) is 16.1 Å². The van der Waals surface area contributed by atoms with E-state index in [-0.39, 0.29) is 16.1 Å². The van der Waals surface area contributed by atoms with Gasteiger partial charge in [-0.25, -0.2) is 18.1 Å². The third kappa shape index (κ3) is 3.87. The number of fused-ring (bicyclic) bond motifs is 1. The van der Waals surface area contributed by atoms with Gasteiger partial charge in [-0.3, -0.25) is 0 Å². The molecule has 2 aromatic carbocycles. The van der Waals surface area contributed by atoms with Crippen molar-refractivity contribution in [2.45, 2.75) is 18.7 Å². The number of aryl methyl sites for hydroxylation is 1. The lowest BCUT2D eigenvalue weighted by Gasteiger charge is -2.10. The molecule has 0 aliphatic carbocycles. The van der Waals surface area contributed by atoms with Crippen LogP contribution in [0.5, 0.6) is 0 Å². The number of nitrogens with one attached hydrogen (secondary N) is 2. The topological polar surface area (TPSA) is 110 Å². The first-order valence-electron chi connectivity index (χ1n) is 8.58. The summed E-state index contributed by atoms with van der Waals surface area (Å²) in [6, 6.07) is 13.7. The smallest absolute Gasteiger partial charge is 0.264 e. The van der Waals surface area contributed by atoms with Gasteiger partial charge in [0.1, 0.15) is 5.82 Å². The van der Waals surface area contributed by atoms with Crippen LogP contribution in [0.4, 0.5) is 17.4 Å². The first-order chi connectivity index (χ1) is 13.8. The molecule has 2 N–H and O–H groups in total. The van der Waals surface area contributed by atoms with Crippen LogP contribution < -0.4 is 10.0 Å². The van der Waals surface area contributed by atoms with Crippen LogP contribution in [0.2, 0.25) is 5.28 Å². The first-order valence-corrected chi connectivity index (χ1v) is 10.4. The van der Waals surface area contributed by atoms with Crippen LogP contribution in [0.1, 0.15) is 11.3 Å². The maximum Gasteiger partial charge on any atom is 0.264 e. The third-order valence-corrected chi connectivity index (χ3v) is 5.90. The predicted octanol–water partition coefficient (Wildman–Crippen LogP) is 4.43. The fraction of sp³-hybridized carbons (Fsp3) is 0.105. The maximum atomic E-state index is 12.6. The van der Waals surface area contributed by atoms with Crippen molar-refractivity contribution in [3.8, 4) is 0 Å². The van der Waals surface area contributed by atoms with Gasteiger partial charge >= 0.3 is 0 Å². The number of hydrogen-bond acceptors (Lipinski definition) is 7. The van der Waals surface area contributed by atoms with Crippen molar-refractivity contribution in [3.63, 3.8) is 0 Å². The summed E-state index contributed by atoms with van der Waals surface area (Å²) < 4.78 is 32.6. The van der Waals surface area contributed by atoms with Crippen LogP contribution in [-0.4, -0.2) is 23.5 Å².